The predicted molar refractivity (Wildman–Crippen MR) is 112 cm³/mol. The van der Waals surface area contributed by atoms with Crippen LogP contribution >= 0.6 is 23.5 Å². The molecule has 4 nitrogen and oxygen atoms in total. The lowest BCUT2D eigenvalue weighted by Gasteiger charge is -2.34. The molecule has 1 fully saturated rings. The number of ether oxygens (including phenoxy) is 1. The van der Waals surface area contributed by atoms with Gasteiger partial charge in [0.05, 0.1) is 6.54 Å². The monoisotopic (exact) mass is 381 g/mol. The van der Waals surface area contributed by atoms with Crippen LogP contribution in [0.4, 0.5) is 0 Å². The van der Waals surface area contributed by atoms with Crippen molar-refractivity contribution in [2.45, 2.75) is 41.6 Å². The molecule has 140 valence electrons. The zero-order valence-corrected chi connectivity index (χ0v) is 17.2. The van der Waals surface area contributed by atoms with Crippen molar-refractivity contribution in [1.82, 2.24) is 10.6 Å². The fourth-order valence-electron chi connectivity index (χ4n) is 2.75. The first-order chi connectivity index (χ1) is 12.2. The van der Waals surface area contributed by atoms with E-state index in [0.29, 0.717) is 5.25 Å². The van der Waals surface area contributed by atoms with Crippen molar-refractivity contribution in [2.75, 3.05) is 39.1 Å². The van der Waals surface area contributed by atoms with Gasteiger partial charge >= 0.3 is 0 Å². The minimum Gasteiger partial charge on any atom is -0.381 e. The molecule has 2 rings (SSSR count). The van der Waals surface area contributed by atoms with Crippen molar-refractivity contribution >= 4 is 29.5 Å². The van der Waals surface area contributed by atoms with Crippen LogP contribution < -0.4 is 10.6 Å². The lowest BCUT2D eigenvalue weighted by molar-refractivity contribution is 0.0794. The topological polar surface area (TPSA) is 45.7 Å². The van der Waals surface area contributed by atoms with Crippen molar-refractivity contribution in [2.24, 2.45) is 4.99 Å². The SMILES string of the molecule is CCNC(=NCC1(SC)CCOCC1)NCC(C)Sc1ccccc1. The summed E-state index contributed by atoms with van der Waals surface area (Å²) in [5, 5.41) is 7.35. The number of benzene rings is 1. The van der Waals surface area contributed by atoms with E-state index in [9.17, 15) is 0 Å². The first-order valence-electron chi connectivity index (χ1n) is 9.04. The number of nitrogens with one attached hydrogen (secondary N) is 2. The zero-order chi connectivity index (χ0) is 18.0. The Kier molecular flexibility index (Phi) is 8.99. The molecule has 0 saturated carbocycles. The summed E-state index contributed by atoms with van der Waals surface area (Å²) in [4.78, 5) is 6.18. The van der Waals surface area contributed by atoms with Crippen molar-refractivity contribution in [3.05, 3.63) is 30.3 Å². The molecular formula is C19H31N3OS2. The fraction of sp³-hybridized carbons (Fsp3) is 0.632. The molecule has 25 heavy (non-hydrogen) atoms. The van der Waals surface area contributed by atoms with Crippen molar-refractivity contribution in [3.8, 4) is 0 Å². The maximum Gasteiger partial charge on any atom is 0.191 e. The third-order valence-corrected chi connectivity index (χ3v) is 6.86. The van der Waals surface area contributed by atoms with Gasteiger partial charge in [0.1, 0.15) is 0 Å². The molecule has 1 atom stereocenters. The second-order valence-electron chi connectivity index (χ2n) is 6.32. The molecule has 1 aromatic carbocycles. The van der Waals surface area contributed by atoms with E-state index >= 15 is 0 Å². The smallest absolute Gasteiger partial charge is 0.191 e. The molecule has 1 unspecified atom stereocenters. The van der Waals surface area contributed by atoms with E-state index < -0.39 is 0 Å². The third-order valence-electron chi connectivity index (χ3n) is 4.34. The Hall–Kier alpha value is -0.850. The highest BCUT2D eigenvalue weighted by Gasteiger charge is 2.31. The van der Waals surface area contributed by atoms with Crippen LogP contribution in [0.5, 0.6) is 0 Å². The number of nitrogens with zero attached hydrogens (tertiary/aromatic N) is 1. The van der Waals surface area contributed by atoms with Crippen LogP contribution in [0.25, 0.3) is 0 Å². The van der Waals surface area contributed by atoms with Gasteiger partial charge in [-0.15, -0.1) is 11.8 Å². The number of rotatable bonds is 8. The van der Waals surface area contributed by atoms with Gasteiger partial charge in [-0.2, -0.15) is 11.8 Å². The molecule has 1 saturated heterocycles. The Morgan fingerprint density at radius 2 is 1.96 bits per heavy atom. The zero-order valence-electron chi connectivity index (χ0n) is 15.6. The highest BCUT2D eigenvalue weighted by atomic mass is 32.2. The summed E-state index contributed by atoms with van der Waals surface area (Å²) in [5.41, 5.74) is 0. The van der Waals surface area contributed by atoms with E-state index in [2.05, 4.69) is 61.1 Å². The number of hydrogen-bond acceptors (Lipinski definition) is 4. The number of guanidine groups is 1. The van der Waals surface area contributed by atoms with E-state index in [-0.39, 0.29) is 4.75 Å². The Balaban J connectivity index is 1.86. The second kappa shape index (κ2) is 11.0. The van der Waals surface area contributed by atoms with Gasteiger partial charge in [0, 0.05) is 41.2 Å². The van der Waals surface area contributed by atoms with E-state index in [0.717, 1.165) is 51.6 Å². The van der Waals surface area contributed by atoms with E-state index in [4.69, 9.17) is 9.73 Å². The van der Waals surface area contributed by atoms with Crippen molar-refractivity contribution < 1.29 is 4.74 Å². The highest BCUT2D eigenvalue weighted by molar-refractivity contribution is 8.00. The molecule has 0 bridgehead atoms. The molecule has 1 aliphatic heterocycles. The average molecular weight is 382 g/mol. The minimum atomic E-state index is 0.227. The summed E-state index contributed by atoms with van der Waals surface area (Å²) in [6.07, 6.45) is 4.36. The van der Waals surface area contributed by atoms with Crippen LogP contribution in [0.15, 0.2) is 40.2 Å². The van der Waals surface area contributed by atoms with Gasteiger partial charge in [0.2, 0.25) is 0 Å². The molecule has 0 spiro atoms. The third kappa shape index (κ3) is 7.12. The normalized spacial score (nSPS) is 18.6. The first kappa shape index (κ1) is 20.5. The van der Waals surface area contributed by atoms with Crippen LogP contribution in [-0.2, 0) is 4.74 Å². The highest BCUT2D eigenvalue weighted by Crippen LogP contribution is 2.34. The molecule has 0 amide bonds. The summed E-state index contributed by atoms with van der Waals surface area (Å²) >= 11 is 3.82. The van der Waals surface area contributed by atoms with Crippen LogP contribution in [-0.4, -0.2) is 55.1 Å². The van der Waals surface area contributed by atoms with Gasteiger partial charge in [-0.1, -0.05) is 25.1 Å². The van der Waals surface area contributed by atoms with Gasteiger partial charge in [0.25, 0.3) is 0 Å². The maximum absolute atomic E-state index is 5.52. The molecule has 0 aliphatic carbocycles. The van der Waals surface area contributed by atoms with Crippen LogP contribution in [0.2, 0.25) is 0 Å². The lowest BCUT2D eigenvalue weighted by atomic mass is 9.99. The molecule has 1 aliphatic rings. The largest absolute Gasteiger partial charge is 0.381 e. The fourth-order valence-corrected chi connectivity index (χ4v) is 4.46. The lowest BCUT2D eigenvalue weighted by Crippen LogP contribution is -2.42. The summed E-state index contributed by atoms with van der Waals surface area (Å²) in [6.45, 7) is 8.67. The first-order valence-corrected chi connectivity index (χ1v) is 11.1. The number of hydrogen-bond donors (Lipinski definition) is 2. The molecule has 1 heterocycles. The van der Waals surface area contributed by atoms with E-state index in [1.54, 1.807) is 0 Å². The minimum absolute atomic E-state index is 0.227. The van der Waals surface area contributed by atoms with Crippen molar-refractivity contribution in [1.29, 1.82) is 0 Å². The van der Waals surface area contributed by atoms with Crippen LogP contribution in [0.3, 0.4) is 0 Å². The Bertz CT molecular complexity index is 519. The van der Waals surface area contributed by atoms with Gasteiger partial charge in [-0.3, -0.25) is 4.99 Å². The van der Waals surface area contributed by atoms with Crippen LogP contribution in [0.1, 0.15) is 26.7 Å². The van der Waals surface area contributed by atoms with Gasteiger partial charge in [-0.25, -0.2) is 0 Å². The molecule has 2 N–H and O–H groups in total. The standard InChI is InChI=1S/C19H31N3OS2/c1-4-20-18(22-15-19(24-3)10-12-23-13-11-19)21-14-16(2)25-17-8-6-5-7-9-17/h5-9,16H,4,10-15H2,1-3H3,(H2,20,21,22). The molecule has 1 aromatic rings. The predicted octanol–water partition coefficient (Wildman–Crippen LogP) is 3.63. The van der Waals surface area contributed by atoms with E-state index in [1.807, 2.05) is 23.5 Å². The molecule has 6 heteroatoms. The molecular weight excluding hydrogens is 350 g/mol. The second-order valence-corrected chi connectivity index (χ2v) is 9.10. The van der Waals surface area contributed by atoms with Crippen LogP contribution in [0, 0.1) is 0 Å². The van der Waals surface area contributed by atoms with Gasteiger partial charge in [-0.05, 0) is 38.2 Å². The molecule has 0 radical (unpaired) electrons. The Labute approximate surface area is 161 Å². The number of aliphatic imine (C=N–C) groups is 1. The maximum atomic E-state index is 5.52. The summed E-state index contributed by atoms with van der Waals surface area (Å²) in [7, 11) is 0. The van der Waals surface area contributed by atoms with Gasteiger partial charge < -0.3 is 15.4 Å². The molecule has 0 aromatic heterocycles. The quantitative estimate of drug-likeness (QED) is 0.409. The Morgan fingerprint density at radius 3 is 2.60 bits per heavy atom. The van der Waals surface area contributed by atoms with E-state index in [1.165, 1.54) is 4.90 Å². The Morgan fingerprint density at radius 1 is 1.24 bits per heavy atom. The summed E-state index contributed by atoms with van der Waals surface area (Å²) in [6, 6.07) is 10.6. The average Bonchev–Trinajstić information content (AvgIpc) is 2.65. The van der Waals surface area contributed by atoms with Crippen molar-refractivity contribution in [3.63, 3.8) is 0 Å². The summed E-state index contributed by atoms with van der Waals surface area (Å²) in [5.74, 6) is 0.919. The van der Waals surface area contributed by atoms with Gasteiger partial charge in [0.15, 0.2) is 5.96 Å². The number of thioether (sulfide) groups is 2. The summed E-state index contributed by atoms with van der Waals surface area (Å²) < 4.78 is 5.75.